The second-order valence-corrected chi connectivity index (χ2v) is 4.39. The van der Waals surface area contributed by atoms with Gasteiger partial charge in [-0.2, -0.15) is 0 Å². The van der Waals surface area contributed by atoms with Gasteiger partial charge in [0.2, 0.25) is 0 Å². The molecule has 0 spiro atoms. The van der Waals surface area contributed by atoms with Crippen molar-refractivity contribution < 1.29 is 14.6 Å². The maximum atomic E-state index is 9.72. The van der Waals surface area contributed by atoms with Crippen LogP contribution in [-0.2, 0) is 22.4 Å². The third kappa shape index (κ3) is 2.63. The van der Waals surface area contributed by atoms with Gasteiger partial charge in [0.25, 0.3) is 0 Å². The highest BCUT2D eigenvalue weighted by Crippen LogP contribution is 2.02. The van der Waals surface area contributed by atoms with Gasteiger partial charge < -0.3 is 19.1 Å². The maximum Gasteiger partial charge on any atom is 0.307 e. The van der Waals surface area contributed by atoms with Gasteiger partial charge in [0.15, 0.2) is 10.8 Å². The number of aromatic nitrogens is 2. The van der Waals surface area contributed by atoms with Crippen LogP contribution in [-0.4, -0.2) is 35.5 Å². The normalized spacial score (nSPS) is 15.5. The minimum atomic E-state index is -0.315. The second-order valence-electron chi connectivity index (χ2n) is 4.39. The van der Waals surface area contributed by atoms with Crippen molar-refractivity contribution in [2.75, 3.05) is 20.8 Å². The van der Waals surface area contributed by atoms with Crippen molar-refractivity contribution >= 4 is 12.0 Å². The number of nitrogens with zero attached hydrogens (tertiary/aromatic N) is 2. The number of aliphatic hydroxyl groups is 1. The fourth-order valence-corrected chi connectivity index (χ4v) is 2.23. The number of rotatable bonds is 4. The summed E-state index contributed by atoms with van der Waals surface area (Å²) in [4.78, 5) is 4.36. The Morgan fingerprint density at radius 2 is 2.32 bits per heavy atom. The van der Waals surface area contributed by atoms with Crippen molar-refractivity contribution in [3.63, 3.8) is 0 Å². The fraction of sp³-hybridized carbons (Fsp3) is 0.538. The maximum absolute atomic E-state index is 9.72. The Bertz CT molecular complexity index is 634. The van der Waals surface area contributed by atoms with Crippen LogP contribution >= 0.6 is 0 Å². The van der Waals surface area contributed by atoms with Gasteiger partial charge in [-0.3, -0.25) is 5.41 Å². The molecule has 0 aliphatic heterocycles. The van der Waals surface area contributed by atoms with Crippen molar-refractivity contribution in [1.29, 1.82) is 5.41 Å². The highest BCUT2D eigenvalue weighted by molar-refractivity contribution is 5.28. The number of hydrogen-bond donors (Lipinski definition) is 2. The van der Waals surface area contributed by atoms with Crippen molar-refractivity contribution in [2.45, 2.75) is 25.8 Å². The Balaban J connectivity index is 2.73. The van der Waals surface area contributed by atoms with Crippen LogP contribution < -0.4 is 16.2 Å². The topological polar surface area (TPSA) is 80.4 Å². The first-order chi connectivity index (χ1) is 9.19. The van der Waals surface area contributed by atoms with Crippen LogP contribution in [0.2, 0.25) is 0 Å². The van der Waals surface area contributed by atoms with Crippen molar-refractivity contribution in [3.8, 4) is 0 Å². The molecule has 0 unspecified atom stereocenters. The Morgan fingerprint density at radius 1 is 1.53 bits per heavy atom. The lowest BCUT2D eigenvalue weighted by Gasteiger charge is -2.15. The van der Waals surface area contributed by atoms with Crippen LogP contribution in [0.3, 0.4) is 0 Å². The Kier molecular flexibility index (Phi) is 4.21. The Hall–Kier alpha value is -1.82. The monoisotopic (exact) mass is 265 g/mol. The summed E-state index contributed by atoms with van der Waals surface area (Å²) in [5.41, 5.74) is 1.05. The van der Waals surface area contributed by atoms with Crippen LogP contribution in [0.5, 0.6) is 0 Å². The predicted molar refractivity (Wildman–Crippen MR) is 69.7 cm³/mol. The number of hydrogen-bond acceptors (Lipinski definition) is 5. The molecular weight excluding hydrogens is 246 g/mol. The smallest absolute Gasteiger partial charge is 0.307 e. The lowest BCUT2D eigenvalue weighted by atomic mass is 10.1. The first-order valence-electron chi connectivity index (χ1n) is 6.29. The van der Waals surface area contributed by atoms with E-state index in [-0.39, 0.29) is 16.8 Å². The zero-order chi connectivity index (χ0) is 13.8. The summed E-state index contributed by atoms with van der Waals surface area (Å²) in [7, 11) is 2.99. The van der Waals surface area contributed by atoms with E-state index in [1.807, 2.05) is 4.57 Å². The van der Waals surface area contributed by atoms with Crippen LogP contribution in [0.15, 0.2) is 0 Å². The molecule has 0 atom stereocenters. The van der Waals surface area contributed by atoms with Crippen LogP contribution in [0, 0.1) is 5.41 Å². The van der Waals surface area contributed by atoms with E-state index in [1.54, 1.807) is 7.11 Å². The molecule has 6 heteroatoms. The highest BCUT2D eigenvalue weighted by atomic mass is 16.6. The molecule has 104 valence electrons. The fourth-order valence-electron chi connectivity index (χ4n) is 2.23. The molecule has 0 saturated carbocycles. The van der Waals surface area contributed by atoms with Gasteiger partial charge in [0.05, 0.1) is 24.8 Å². The van der Waals surface area contributed by atoms with Crippen LogP contribution in [0.1, 0.15) is 18.5 Å². The summed E-state index contributed by atoms with van der Waals surface area (Å²) in [5, 5.41) is 19.0. The number of fused-ring (bicyclic) bond motifs is 1. The molecule has 0 aromatic carbocycles. The van der Waals surface area contributed by atoms with E-state index in [0.717, 1.165) is 30.3 Å². The molecular formula is C13H19N3O3. The Morgan fingerprint density at radius 3 is 3.00 bits per heavy atom. The molecule has 0 amide bonds. The minimum Gasteiger partial charge on any atom is -0.479 e. The molecule has 19 heavy (non-hydrogen) atoms. The first kappa shape index (κ1) is 13.6. The lowest BCUT2D eigenvalue weighted by molar-refractivity contribution is 0.184. The van der Waals surface area contributed by atoms with Gasteiger partial charge in [-0.05, 0) is 19.3 Å². The molecule has 1 aromatic heterocycles. The van der Waals surface area contributed by atoms with Crippen LogP contribution in [0.4, 0.5) is 0 Å². The molecule has 1 aromatic rings. The molecule has 0 bridgehead atoms. The van der Waals surface area contributed by atoms with E-state index in [4.69, 9.17) is 14.9 Å². The Labute approximate surface area is 111 Å². The average molecular weight is 265 g/mol. The third-order valence-electron chi connectivity index (χ3n) is 3.20. The molecule has 6 nitrogen and oxygen atoms in total. The quantitative estimate of drug-likeness (QED) is 0.761. The van der Waals surface area contributed by atoms with E-state index in [1.165, 1.54) is 7.11 Å². The molecule has 1 heterocycles. The van der Waals surface area contributed by atoms with Crippen LogP contribution in [0.25, 0.3) is 12.0 Å². The van der Waals surface area contributed by atoms with Gasteiger partial charge in [-0.15, -0.1) is 0 Å². The second kappa shape index (κ2) is 5.88. The van der Waals surface area contributed by atoms with Crippen molar-refractivity contribution in [2.24, 2.45) is 0 Å². The number of ether oxygens (including phenoxy) is 2. The van der Waals surface area contributed by atoms with E-state index in [0.29, 0.717) is 13.2 Å². The number of aryl methyl sites for hydroxylation is 1. The standard InChI is InChI=1S/C13H19N3O3/c1-18-8-7-16-10-6-4-3-5-9(10)15-11(12(16)14)13(17)19-2/h6,14,17H,3-5,7-8H2,1-2H3/b13-11+,14-12?. The largest absolute Gasteiger partial charge is 0.479 e. The molecule has 2 N–H and O–H groups in total. The molecule has 1 aliphatic carbocycles. The van der Waals surface area contributed by atoms with Gasteiger partial charge in [-0.25, -0.2) is 4.98 Å². The number of aliphatic hydroxyl groups excluding tert-OH is 1. The van der Waals surface area contributed by atoms with Gasteiger partial charge in [0, 0.05) is 13.7 Å². The summed E-state index contributed by atoms with van der Waals surface area (Å²) in [6.07, 6.45) is 4.96. The molecule has 2 rings (SSSR count). The summed E-state index contributed by atoms with van der Waals surface area (Å²) in [6, 6.07) is 0. The number of methoxy groups -OCH3 is 2. The zero-order valence-electron chi connectivity index (χ0n) is 11.3. The van der Waals surface area contributed by atoms with E-state index in [2.05, 4.69) is 11.1 Å². The summed E-state index contributed by atoms with van der Waals surface area (Å²) in [6.45, 7) is 1.06. The summed E-state index contributed by atoms with van der Waals surface area (Å²) in [5.74, 6) is -0.315. The third-order valence-corrected chi connectivity index (χ3v) is 3.20. The lowest BCUT2D eigenvalue weighted by Crippen LogP contribution is -2.49. The van der Waals surface area contributed by atoms with Gasteiger partial charge in [0.1, 0.15) is 0 Å². The van der Waals surface area contributed by atoms with Gasteiger partial charge in [-0.1, -0.05) is 6.08 Å². The minimum absolute atomic E-state index is 0.147. The van der Waals surface area contributed by atoms with Crippen molar-refractivity contribution in [3.05, 3.63) is 21.9 Å². The summed E-state index contributed by atoms with van der Waals surface area (Å²) < 4.78 is 11.7. The molecule has 0 radical (unpaired) electrons. The van der Waals surface area contributed by atoms with E-state index in [9.17, 15) is 5.11 Å². The number of nitrogens with one attached hydrogen (secondary N) is 1. The predicted octanol–water partition coefficient (Wildman–Crippen LogP) is -0.604. The first-order valence-corrected chi connectivity index (χ1v) is 6.29. The SMILES string of the molecule is COCCn1c2c(n/c(=C(\O)OC)c1=N)CCCC=2. The zero-order valence-corrected chi connectivity index (χ0v) is 11.3. The highest BCUT2D eigenvalue weighted by Gasteiger charge is 2.11. The molecule has 0 saturated heterocycles. The molecule has 1 aliphatic rings. The van der Waals surface area contributed by atoms with E-state index < -0.39 is 0 Å². The molecule has 0 fully saturated rings. The van der Waals surface area contributed by atoms with E-state index >= 15 is 0 Å². The average Bonchev–Trinajstić information content (AvgIpc) is 2.45. The van der Waals surface area contributed by atoms with Crippen molar-refractivity contribution in [1.82, 2.24) is 9.55 Å². The summed E-state index contributed by atoms with van der Waals surface area (Å²) >= 11 is 0. The van der Waals surface area contributed by atoms with Gasteiger partial charge >= 0.3 is 5.95 Å².